The Labute approximate surface area is 118 Å². The maximum Gasteiger partial charge on any atom is 0.234 e. The Balaban J connectivity index is 2.17. The number of hydrogen-bond donors (Lipinski definition) is 2. The van der Waals surface area contributed by atoms with Crippen molar-refractivity contribution in [2.45, 2.75) is 6.92 Å². The van der Waals surface area contributed by atoms with Gasteiger partial charge in [0.1, 0.15) is 12.4 Å². The third-order valence-corrected chi connectivity index (χ3v) is 2.52. The Hall–Kier alpha value is -2.08. The van der Waals surface area contributed by atoms with Crippen molar-refractivity contribution in [1.29, 1.82) is 0 Å². The molecule has 0 aliphatic rings. The van der Waals surface area contributed by atoms with Gasteiger partial charge < -0.3 is 15.8 Å². The zero-order valence-electron chi connectivity index (χ0n) is 11.9. The molecule has 0 aliphatic carbocycles. The Morgan fingerprint density at radius 3 is 2.75 bits per heavy atom. The summed E-state index contributed by atoms with van der Waals surface area (Å²) < 4.78 is 5.50. The van der Waals surface area contributed by atoms with E-state index in [1.54, 1.807) is 11.9 Å². The zero-order valence-corrected chi connectivity index (χ0v) is 11.9. The fraction of sp³-hybridized carbons (Fsp3) is 0.429. The molecule has 6 nitrogen and oxygen atoms in total. The predicted molar refractivity (Wildman–Crippen MR) is 76.4 cm³/mol. The average molecular weight is 279 g/mol. The summed E-state index contributed by atoms with van der Waals surface area (Å²) in [7, 11) is 1.66. The van der Waals surface area contributed by atoms with Crippen molar-refractivity contribution in [3.63, 3.8) is 0 Å². The molecule has 1 aromatic carbocycles. The van der Waals surface area contributed by atoms with Gasteiger partial charge in [-0.15, -0.1) is 0 Å². The number of benzene rings is 1. The summed E-state index contributed by atoms with van der Waals surface area (Å²) in [5.74, 6) is 0.162. The van der Waals surface area contributed by atoms with E-state index < -0.39 is 5.91 Å². The summed E-state index contributed by atoms with van der Waals surface area (Å²) in [6.45, 7) is 3.00. The van der Waals surface area contributed by atoms with Crippen molar-refractivity contribution in [3.05, 3.63) is 29.8 Å². The maximum absolute atomic E-state index is 11.5. The summed E-state index contributed by atoms with van der Waals surface area (Å²) in [5, 5.41) is 2.71. The standard InChI is InChI=1S/C14H21N3O3/c1-11-4-3-5-12(8-11)20-7-6-16-14(19)10-17(2)9-13(15)18/h3-5,8H,6-7,9-10H2,1-2H3,(H2,15,18)(H,16,19). The van der Waals surface area contributed by atoms with Crippen LogP contribution < -0.4 is 15.8 Å². The summed E-state index contributed by atoms with van der Waals surface area (Å²) in [4.78, 5) is 23.8. The number of nitrogens with one attached hydrogen (secondary N) is 1. The molecule has 0 bridgehead atoms. The van der Waals surface area contributed by atoms with Gasteiger partial charge >= 0.3 is 0 Å². The van der Waals surface area contributed by atoms with E-state index in [0.29, 0.717) is 13.2 Å². The van der Waals surface area contributed by atoms with Gasteiger partial charge in [0.25, 0.3) is 0 Å². The molecule has 20 heavy (non-hydrogen) atoms. The lowest BCUT2D eigenvalue weighted by Crippen LogP contribution is -2.40. The second kappa shape index (κ2) is 8.16. The topological polar surface area (TPSA) is 84.7 Å². The fourth-order valence-corrected chi connectivity index (χ4v) is 1.69. The molecule has 0 radical (unpaired) electrons. The highest BCUT2D eigenvalue weighted by molar-refractivity contribution is 5.80. The number of aryl methyl sites for hydroxylation is 1. The second-order valence-electron chi connectivity index (χ2n) is 4.65. The minimum Gasteiger partial charge on any atom is -0.492 e. The molecule has 2 amide bonds. The summed E-state index contributed by atoms with van der Waals surface area (Å²) in [5.41, 5.74) is 6.16. The van der Waals surface area contributed by atoms with E-state index in [0.717, 1.165) is 11.3 Å². The number of carbonyl (C=O) groups excluding carboxylic acids is 2. The Kier molecular flexibility index (Phi) is 6.52. The predicted octanol–water partition coefficient (Wildman–Crippen LogP) is -0.0929. The van der Waals surface area contributed by atoms with Gasteiger partial charge in [-0.2, -0.15) is 0 Å². The van der Waals surface area contributed by atoms with Gasteiger partial charge in [-0.3, -0.25) is 14.5 Å². The number of ether oxygens (including phenoxy) is 1. The SMILES string of the molecule is Cc1cccc(OCCNC(=O)CN(C)CC(N)=O)c1. The Bertz CT molecular complexity index is 463. The second-order valence-corrected chi connectivity index (χ2v) is 4.65. The molecular weight excluding hydrogens is 258 g/mol. The minimum absolute atomic E-state index is 0.0627. The number of nitrogens with two attached hydrogens (primary N) is 1. The zero-order chi connectivity index (χ0) is 15.0. The van der Waals surface area contributed by atoms with E-state index >= 15 is 0 Å². The first-order chi connectivity index (χ1) is 9.47. The molecule has 0 atom stereocenters. The van der Waals surface area contributed by atoms with E-state index in [1.807, 2.05) is 31.2 Å². The van der Waals surface area contributed by atoms with Crippen LogP contribution in [0.3, 0.4) is 0 Å². The number of nitrogens with zero attached hydrogens (tertiary/aromatic N) is 1. The van der Waals surface area contributed by atoms with Gasteiger partial charge in [-0.1, -0.05) is 12.1 Å². The van der Waals surface area contributed by atoms with Gasteiger partial charge in [0.15, 0.2) is 0 Å². The lowest BCUT2D eigenvalue weighted by molar-refractivity contribution is -0.123. The molecule has 0 heterocycles. The summed E-state index contributed by atoms with van der Waals surface area (Å²) >= 11 is 0. The molecular formula is C14H21N3O3. The number of amides is 2. The van der Waals surface area contributed by atoms with Crippen molar-refractivity contribution in [2.24, 2.45) is 5.73 Å². The van der Waals surface area contributed by atoms with Gasteiger partial charge in [0.2, 0.25) is 11.8 Å². The number of rotatable bonds is 8. The fourth-order valence-electron chi connectivity index (χ4n) is 1.69. The smallest absolute Gasteiger partial charge is 0.234 e. The Morgan fingerprint density at radius 1 is 1.35 bits per heavy atom. The van der Waals surface area contributed by atoms with Crippen molar-refractivity contribution in [3.8, 4) is 5.75 Å². The van der Waals surface area contributed by atoms with Crippen LogP contribution in [0.15, 0.2) is 24.3 Å². The molecule has 0 fully saturated rings. The molecule has 0 saturated carbocycles. The van der Waals surface area contributed by atoms with Crippen LogP contribution in [-0.2, 0) is 9.59 Å². The van der Waals surface area contributed by atoms with E-state index in [1.165, 1.54) is 0 Å². The first-order valence-electron chi connectivity index (χ1n) is 6.40. The third kappa shape index (κ3) is 6.75. The first-order valence-corrected chi connectivity index (χ1v) is 6.40. The molecule has 0 spiro atoms. The molecule has 0 saturated heterocycles. The third-order valence-electron chi connectivity index (χ3n) is 2.52. The van der Waals surface area contributed by atoms with E-state index in [2.05, 4.69) is 5.32 Å². The number of primary amides is 1. The van der Waals surface area contributed by atoms with Crippen LogP contribution in [0.4, 0.5) is 0 Å². The normalized spacial score (nSPS) is 10.3. The first kappa shape index (κ1) is 16.0. The largest absolute Gasteiger partial charge is 0.492 e. The van der Waals surface area contributed by atoms with E-state index in [4.69, 9.17) is 10.5 Å². The minimum atomic E-state index is -0.455. The number of hydrogen-bond acceptors (Lipinski definition) is 4. The van der Waals surface area contributed by atoms with Gasteiger partial charge in [0, 0.05) is 0 Å². The highest BCUT2D eigenvalue weighted by atomic mass is 16.5. The highest BCUT2D eigenvalue weighted by Crippen LogP contribution is 2.11. The summed E-state index contributed by atoms with van der Waals surface area (Å²) in [6, 6.07) is 7.71. The molecule has 6 heteroatoms. The monoisotopic (exact) mass is 279 g/mol. The highest BCUT2D eigenvalue weighted by Gasteiger charge is 2.07. The van der Waals surface area contributed by atoms with Crippen LogP contribution in [-0.4, -0.2) is 50.0 Å². The van der Waals surface area contributed by atoms with E-state index in [-0.39, 0.29) is 19.0 Å². The van der Waals surface area contributed by atoms with Crippen LogP contribution in [0.25, 0.3) is 0 Å². The summed E-state index contributed by atoms with van der Waals surface area (Å²) in [6.07, 6.45) is 0. The molecule has 110 valence electrons. The molecule has 1 rings (SSSR count). The van der Waals surface area contributed by atoms with Crippen molar-refractivity contribution in [1.82, 2.24) is 10.2 Å². The average Bonchev–Trinajstić information content (AvgIpc) is 2.33. The van der Waals surface area contributed by atoms with Gasteiger partial charge in [-0.05, 0) is 31.7 Å². The molecule has 0 unspecified atom stereocenters. The number of carbonyl (C=O) groups is 2. The molecule has 0 aliphatic heterocycles. The van der Waals surface area contributed by atoms with Gasteiger partial charge in [0.05, 0.1) is 19.6 Å². The maximum atomic E-state index is 11.5. The number of likely N-dealkylation sites (N-methyl/N-ethyl adjacent to an activating group) is 1. The van der Waals surface area contributed by atoms with Crippen LogP contribution in [0.5, 0.6) is 5.75 Å². The van der Waals surface area contributed by atoms with Crippen molar-refractivity contribution in [2.75, 3.05) is 33.3 Å². The lowest BCUT2D eigenvalue weighted by atomic mass is 10.2. The Morgan fingerprint density at radius 2 is 2.10 bits per heavy atom. The van der Waals surface area contributed by atoms with Gasteiger partial charge in [-0.25, -0.2) is 0 Å². The van der Waals surface area contributed by atoms with Crippen molar-refractivity contribution < 1.29 is 14.3 Å². The van der Waals surface area contributed by atoms with E-state index in [9.17, 15) is 9.59 Å². The van der Waals surface area contributed by atoms with Crippen molar-refractivity contribution >= 4 is 11.8 Å². The van der Waals surface area contributed by atoms with Crippen LogP contribution >= 0.6 is 0 Å². The van der Waals surface area contributed by atoms with Crippen LogP contribution in [0.1, 0.15) is 5.56 Å². The quantitative estimate of drug-likeness (QED) is 0.651. The molecule has 0 aromatic heterocycles. The van der Waals surface area contributed by atoms with Crippen LogP contribution in [0, 0.1) is 6.92 Å². The van der Waals surface area contributed by atoms with Crippen LogP contribution in [0.2, 0.25) is 0 Å². The molecule has 1 aromatic rings. The lowest BCUT2D eigenvalue weighted by Gasteiger charge is -2.14. The molecule has 3 N–H and O–H groups in total.